The number of nitro groups is 1. The molecule has 4 heterocycles. The molecule has 0 radical (unpaired) electrons. The van der Waals surface area contributed by atoms with E-state index in [0.717, 1.165) is 22.6 Å². The van der Waals surface area contributed by atoms with Crippen LogP contribution < -0.4 is 5.32 Å². The van der Waals surface area contributed by atoms with Crippen LogP contribution >= 0.6 is 0 Å². The third-order valence-corrected chi connectivity index (χ3v) is 6.86. The summed E-state index contributed by atoms with van der Waals surface area (Å²) in [4.78, 5) is 37.4. The first-order chi connectivity index (χ1) is 20.0. The number of carbonyl (C=O) groups is 1. The molecule has 11 nitrogen and oxygen atoms in total. The summed E-state index contributed by atoms with van der Waals surface area (Å²) in [6, 6.07) is 18.9. The summed E-state index contributed by atoms with van der Waals surface area (Å²) in [5, 5.41) is 14.7. The van der Waals surface area contributed by atoms with Crippen LogP contribution in [0.1, 0.15) is 35.0 Å². The van der Waals surface area contributed by atoms with Crippen LogP contribution in [0.15, 0.2) is 102 Å². The van der Waals surface area contributed by atoms with Crippen molar-refractivity contribution in [1.29, 1.82) is 0 Å². The highest BCUT2D eigenvalue weighted by Crippen LogP contribution is 2.28. The van der Waals surface area contributed by atoms with Crippen LogP contribution in [0, 0.1) is 10.1 Å². The average molecular weight is 548 g/mol. The largest absolute Gasteiger partial charge is 0.451 e. The monoisotopic (exact) mass is 547 g/mol. The van der Waals surface area contributed by atoms with Crippen molar-refractivity contribution in [3.8, 4) is 16.9 Å². The molecular weight excluding hydrogens is 522 g/mol. The van der Waals surface area contributed by atoms with Gasteiger partial charge in [-0.2, -0.15) is 0 Å². The second-order valence-electron chi connectivity index (χ2n) is 9.40. The molecule has 0 aliphatic rings. The zero-order valence-corrected chi connectivity index (χ0v) is 22.0. The van der Waals surface area contributed by atoms with E-state index in [1.807, 2.05) is 66.3 Å². The summed E-state index contributed by atoms with van der Waals surface area (Å²) in [5.41, 5.74) is 3.99. The summed E-state index contributed by atoms with van der Waals surface area (Å²) in [6.45, 7) is 2.65. The Morgan fingerprint density at radius 2 is 1.93 bits per heavy atom. The van der Waals surface area contributed by atoms with Gasteiger partial charge in [-0.1, -0.05) is 18.2 Å². The van der Waals surface area contributed by atoms with Crippen LogP contribution in [-0.4, -0.2) is 34.9 Å². The Balaban J connectivity index is 1.33. The van der Waals surface area contributed by atoms with Crippen molar-refractivity contribution in [2.45, 2.75) is 25.9 Å². The highest BCUT2D eigenvalue weighted by atomic mass is 16.6. The molecule has 41 heavy (non-hydrogen) atoms. The van der Waals surface area contributed by atoms with E-state index in [0.29, 0.717) is 29.8 Å². The van der Waals surface area contributed by atoms with Crippen molar-refractivity contribution in [3.63, 3.8) is 0 Å². The average Bonchev–Trinajstić information content (AvgIpc) is 3.76. The van der Waals surface area contributed by atoms with Crippen molar-refractivity contribution in [3.05, 3.63) is 125 Å². The molecular formula is C30H25N7O4. The van der Waals surface area contributed by atoms with Crippen LogP contribution in [-0.2, 0) is 13.0 Å². The molecule has 11 heteroatoms. The number of amides is 1. The summed E-state index contributed by atoms with van der Waals surface area (Å²) < 4.78 is 9.74. The number of furan rings is 1. The number of nitrogens with zero attached hydrogens (tertiary/aromatic N) is 6. The summed E-state index contributed by atoms with van der Waals surface area (Å²) >= 11 is 0. The smallest absolute Gasteiger partial charge is 0.287 e. The van der Waals surface area contributed by atoms with Crippen LogP contribution in [0.25, 0.3) is 27.9 Å². The first kappa shape index (κ1) is 25.7. The fourth-order valence-corrected chi connectivity index (χ4v) is 4.87. The third-order valence-electron chi connectivity index (χ3n) is 6.86. The van der Waals surface area contributed by atoms with E-state index in [9.17, 15) is 14.9 Å². The summed E-state index contributed by atoms with van der Waals surface area (Å²) in [7, 11) is 0. The minimum absolute atomic E-state index is 0.0523. The number of imidazole rings is 2. The molecule has 4 aromatic heterocycles. The summed E-state index contributed by atoms with van der Waals surface area (Å²) in [5.74, 6) is 0.269. The number of benzene rings is 2. The lowest BCUT2D eigenvalue weighted by atomic mass is 10.1. The molecule has 0 aliphatic carbocycles. The van der Waals surface area contributed by atoms with E-state index in [1.165, 1.54) is 24.3 Å². The molecule has 1 N–H and O–H groups in total. The predicted molar refractivity (Wildman–Crippen MR) is 151 cm³/mol. The van der Waals surface area contributed by atoms with E-state index < -0.39 is 16.9 Å². The molecule has 204 valence electrons. The highest BCUT2D eigenvalue weighted by Gasteiger charge is 2.25. The van der Waals surface area contributed by atoms with Crippen LogP contribution in [0.4, 0.5) is 5.69 Å². The topological polar surface area (TPSA) is 134 Å². The number of nitro benzene ring substituents is 1. The molecule has 0 saturated carbocycles. The molecule has 2 aromatic carbocycles. The van der Waals surface area contributed by atoms with Gasteiger partial charge in [0.2, 0.25) is 0 Å². The molecule has 0 bridgehead atoms. The zero-order chi connectivity index (χ0) is 28.3. The number of pyridine rings is 1. The maximum atomic E-state index is 13.4. The number of fused-ring (bicyclic) bond motifs is 1. The van der Waals surface area contributed by atoms with Crippen molar-refractivity contribution in [2.24, 2.45) is 0 Å². The van der Waals surface area contributed by atoms with E-state index in [-0.39, 0.29) is 11.4 Å². The Hall–Kier alpha value is -5.58. The van der Waals surface area contributed by atoms with Crippen molar-refractivity contribution < 1.29 is 14.1 Å². The Labute approximate surface area is 234 Å². The van der Waals surface area contributed by atoms with E-state index in [2.05, 4.69) is 19.9 Å². The fourth-order valence-electron chi connectivity index (χ4n) is 4.87. The standard InChI is InChI=1S/C30H25N7O4/c1-2-36-26(20-6-8-23(9-7-20)35-14-13-31-19-35)18-33-29(36)25(17-22-5-3-4-12-32-22)34-30(38)28-16-21-15-24(37(39)40)10-11-27(21)41-28/h3-16,18-19,25H,2,17H2,1H3,(H,34,38)/t25-/m0/s1. The fraction of sp³-hybridized carbons (Fsp3) is 0.133. The number of non-ortho nitro benzene ring substituents is 1. The van der Waals surface area contributed by atoms with Crippen LogP contribution in [0.5, 0.6) is 0 Å². The normalized spacial score (nSPS) is 11.9. The van der Waals surface area contributed by atoms with Crippen molar-refractivity contribution in [2.75, 3.05) is 0 Å². The molecule has 6 rings (SSSR count). The van der Waals surface area contributed by atoms with Crippen molar-refractivity contribution in [1.82, 2.24) is 29.4 Å². The molecule has 6 aromatic rings. The van der Waals surface area contributed by atoms with Gasteiger partial charge in [0.25, 0.3) is 11.6 Å². The minimum Gasteiger partial charge on any atom is -0.451 e. The van der Waals surface area contributed by atoms with Gasteiger partial charge in [-0.15, -0.1) is 0 Å². The maximum absolute atomic E-state index is 13.4. The van der Waals surface area contributed by atoms with Crippen LogP contribution in [0.3, 0.4) is 0 Å². The lowest BCUT2D eigenvalue weighted by Crippen LogP contribution is -2.32. The Morgan fingerprint density at radius 3 is 2.63 bits per heavy atom. The van der Waals surface area contributed by atoms with Gasteiger partial charge in [0, 0.05) is 60.5 Å². The lowest BCUT2D eigenvalue weighted by Gasteiger charge is -2.20. The van der Waals surface area contributed by atoms with Gasteiger partial charge in [-0.05, 0) is 48.9 Å². The molecule has 0 fully saturated rings. The number of hydrogen-bond donors (Lipinski definition) is 1. The first-order valence-corrected chi connectivity index (χ1v) is 13.0. The molecule has 0 saturated heterocycles. The van der Waals surface area contributed by atoms with E-state index >= 15 is 0 Å². The lowest BCUT2D eigenvalue weighted by molar-refractivity contribution is -0.384. The Bertz CT molecular complexity index is 1820. The van der Waals surface area contributed by atoms with Gasteiger partial charge >= 0.3 is 0 Å². The van der Waals surface area contributed by atoms with E-state index in [1.54, 1.807) is 18.7 Å². The van der Waals surface area contributed by atoms with Crippen LogP contribution in [0.2, 0.25) is 0 Å². The highest BCUT2D eigenvalue weighted by molar-refractivity contribution is 5.96. The van der Waals surface area contributed by atoms with E-state index in [4.69, 9.17) is 9.40 Å². The van der Waals surface area contributed by atoms with Gasteiger partial charge in [0.05, 0.1) is 29.2 Å². The zero-order valence-electron chi connectivity index (χ0n) is 22.0. The minimum atomic E-state index is -0.529. The first-order valence-electron chi connectivity index (χ1n) is 13.0. The quantitative estimate of drug-likeness (QED) is 0.186. The molecule has 1 amide bonds. The summed E-state index contributed by atoms with van der Waals surface area (Å²) in [6.07, 6.45) is 9.28. The maximum Gasteiger partial charge on any atom is 0.287 e. The Morgan fingerprint density at radius 1 is 1.07 bits per heavy atom. The van der Waals surface area contributed by atoms with Crippen molar-refractivity contribution >= 4 is 22.6 Å². The molecule has 0 spiro atoms. The second kappa shape index (κ2) is 10.9. The van der Waals surface area contributed by atoms with Gasteiger partial charge < -0.3 is 18.9 Å². The van der Waals surface area contributed by atoms with Gasteiger partial charge in [0.1, 0.15) is 11.4 Å². The molecule has 0 unspecified atom stereocenters. The van der Waals surface area contributed by atoms with Gasteiger partial charge in [0.15, 0.2) is 5.76 Å². The number of rotatable bonds is 9. The van der Waals surface area contributed by atoms with Gasteiger partial charge in [-0.25, -0.2) is 9.97 Å². The SMILES string of the molecule is CCn1c(-c2ccc(-n3ccnc3)cc2)cnc1[C@H](Cc1ccccn1)NC(=O)c1cc2cc([N+](=O)[O-])ccc2o1. The molecule has 0 aliphatic heterocycles. The predicted octanol–water partition coefficient (Wildman–Crippen LogP) is 5.52. The number of hydrogen-bond acceptors (Lipinski definition) is 7. The number of carbonyl (C=O) groups excluding carboxylic acids is 1. The van der Waals surface area contributed by atoms with Gasteiger partial charge in [-0.3, -0.25) is 19.9 Å². The molecule has 1 atom stereocenters. The Kier molecular flexibility index (Phi) is 6.82. The number of nitrogens with one attached hydrogen (secondary N) is 1. The third kappa shape index (κ3) is 5.20. The number of aromatic nitrogens is 5. The second-order valence-corrected chi connectivity index (χ2v) is 9.40.